The minimum absolute atomic E-state index is 0.199. The average molecular weight is 349 g/mol. The number of rotatable bonds is 3. The molecule has 0 unspecified atom stereocenters. The number of benzene rings is 2. The molecule has 0 bridgehead atoms. The van der Waals surface area contributed by atoms with E-state index in [2.05, 4.69) is 0 Å². The molecule has 0 fully saturated rings. The van der Waals surface area contributed by atoms with Crippen molar-refractivity contribution in [3.63, 3.8) is 0 Å². The molecule has 2 aromatic carbocycles. The van der Waals surface area contributed by atoms with Crippen molar-refractivity contribution < 1.29 is 9.15 Å². The first-order chi connectivity index (χ1) is 11.0. The van der Waals surface area contributed by atoms with E-state index in [9.17, 15) is 4.79 Å². The molecule has 0 amide bonds. The van der Waals surface area contributed by atoms with Crippen LogP contribution in [0.3, 0.4) is 0 Å². The lowest BCUT2D eigenvalue weighted by molar-refractivity contribution is 0.307. The molecule has 0 atom stereocenters. The molecular weight excluding hydrogens is 335 g/mol. The van der Waals surface area contributed by atoms with E-state index in [0.29, 0.717) is 21.4 Å². The maximum absolute atomic E-state index is 11.8. The lowest BCUT2D eigenvalue weighted by Crippen LogP contribution is -2.05. The molecule has 1 heterocycles. The Morgan fingerprint density at radius 3 is 2.70 bits per heavy atom. The largest absolute Gasteiger partial charge is 0.487 e. The Morgan fingerprint density at radius 1 is 1.13 bits per heavy atom. The van der Waals surface area contributed by atoms with Gasteiger partial charge in [0.15, 0.2) is 0 Å². The fourth-order valence-electron chi connectivity index (χ4n) is 2.39. The van der Waals surface area contributed by atoms with Crippen molar-refractivity contribution in [2.24, 2.45) is 0 Å². The van der Waals surface area contributed by atoms with Gasteiger partial charge in [0.25, 0.3) is 0 Å². The first-order valence-electron chi connectivity index (χ1n) is 7.07. The normalized spacial score (nSPS) is 11.0. The van der Waals surface area contributed by atoms with Crippen molar-refractivity contribution in [2.45, 2.75) is 20.5 Å². The van der Waals surface area contributed by atoms with Crippen molar-refractivity contribution in [1.29, 1.82) is 0 Å². The molecule has 0 radical (unpaired) electrons. The second kappa shape index (κ2) is 6.26. The topological polar surface area (TPSA) is 39.4 Å². The molecule has 118 valence electrons. The van der Waals surface area contributed by atoms with Crippen LogP contribution in [0.1, 0.15) is 16.7 Å². The SMILES string of the molecule is Cc1ccc2c(COc3cccc(Cl)c3Cl)cc(=O)oc2c1C. The summed E-state index contributed by atoms with van der Waals surface area (Å²) in [7, 11) is 0. The smallest absolute Gasteiger partial charge is 0.336 e. The Hall–Kier alpha value is -1.97. The van der Waals surface area contributed by atoms with Crippen LogP contribution in [0, 0.1) is 13.8 Å². The molecule has 3 rings (SSSR count). The fourth-order valence-corrected chi connectivity index (χ4v) is 2.74. The third kappa shape index (κ3) is 3.07. The molecule has 0 saturated heterocycles. The van der Waals surface area contributed by atoms with Crippen LogP contribution in [0.15, 0.2) is 45.6 Å². The van der Waals surface area contributed by atoms with E-state index in [1.165, 1.54) is 6.07 Å². The van der Waals surface area contributed by atoms with E-state index >= 15 is 0 Å². The van der Waals surface area contributed by atoms with Crippen LogP contribution in [0.5, 0.6) is 5.75 Å². The summed E-state index contributed by atoms with van der Waals surface area (Å²) in [6, 6.07) is 10.5. The first-order valence-corrected chi connectivity index (χ1v) is 7.82. The van der Waals surface area contributed by atoms with E-state index < -0.39 is 5.63 Å². The van der Waals surface area contributed by atoms with Crippen LogP contribution >= 0.6 is 23.2 Å². The summed E-state index contributed by atoms with van der Waals surface area (Å²) in [5, 5.41) is 1.63. The molecule has 23 heavy (non-hydrogen) atoms. The average Bonchev–Trinajstić information content (AvgIpc) is 2.52. The highest BCUT2D eigenvalue weighted by atomic mass is 35.5. The van der Waals surface area contributed by atoms with Crippen molar-refractivity contribution >= 4 is 34.2 Å². The van der Waals surface area contributed by atoms with Gasteiger partial charge in [0, 0.05) is 17.0 Å². The zero-order valence-electron chi connectivity index (χ0n) is 12.7. The van der Waals surface area contributed by atoms with Gasteiger partial charge in [0.2, 0.25) is 0 Å². The molecule has 0 N–H and O–H groups in total. The lowest BCUT2D eigenvalue weighted by atomic mass is 10.0. The molecule has 0 aliphatic carbocycles. The lowest BCUT2D eigenvalue weighted by Gasteiger charge is -2.11. The van der Waals surface area contributed by atoms with Gasteiger partial charge in [0.05, 0.1) is 5.02 Å². The van der Waals surface area contributed by atoms with E-state index in [4.69, 9.17) is 32.4 Å². The Bertz CT molecular complexity index is 945. The summed E-state index contributed by atoms with van der Waals surface area (Å²) >= 11 is 12.1. The standard InChI is InChI=1S/C18H14Cl2O3/c1-10-6-7-13-12(8-16(21)23-18(13)11(10)2)9-22-15-5-3-4-14(19)17(15)20/h3-8H,9H2,1-2H3. The molecule has 5 heteroatoms. The van der Waals surface area contributed by atoms with E-state index in [-0.39, 0.29) is 6.61 Å². The predicted molar refractivity (Wildman–Crippen MR) is 92.8 cm³/mol. The number of ether oxygens (including phenoxy) is 1. The van der Waals surface area contributed by atoms with Gasteiger partial charge in [-0.05, 0) is 37.1 Å². The second-order valence-electron chi connectivity index (χ2n) is 5.32. The molecule has 3 aromatic rings. The summed E-state index contributed by atoms with van der Waals surface area (Å²) in [5.74, 6) is 0.476. The predicted octanol–water partition coefficient (Wildman–Crippen LogP) is 5.30. The molecular formula is C18H14Cl2O3. The van der Waals surface area contributed by atoms with Crippen LogP contribution in [0.2, 0.25) is 10.0 Å². The number of hydrogen-bond acceptors (Lipinski definition) is 3. The summed E-state index contributed by atoms with van der Waals surface area (Å²) in [6.45, 7) is 4.10. The van der Waals surface area contributed by atoms with Crippen LogP contribution in [-0.2, 0) is 6.61 Å². The summed E-state index contributed by atoms with van der Waals surface area (Å²) in [6.07, 6.45) is 0. The third-order valence-corrected chi connectivity index (χ3v) is 4.62. The van der Waals surface area contributed by atoms with Crippen molar-refractivity contribution in [2.75, 3.05) is 0 Å². The number of hydrogen-bond donors (Lipinski definition) is 0. The van der Waals surface area contributed by atoms with Gasteiger partial charge in [0.1, 0.15) is 23.0 Å². The Balaban J connectivity index is 2.02. The number of aryl methyl sites for hydroxylation is 2. The van der Waals surface area contributed by atoms with Crippen molar-refractivity contribution in [3.05, 3.63) is 73.6 Å². The fraction of sp³-hybridized carbons (Fsp3) is 0.167. The first kappa shape index (κ1) is 15.9. The minimum atomic E-state index is -0.401. The molecule has 3 nitrogen and oxygen atoms in total. The van der Waals surface area contributed by atoms with E-state index in [1.54, 1.807) is 18.2 Å². The maximum Gasteiger partial charge on any atom is 0.336 e. The van der Waals surface area contributed by atoms with Crippen LogP contribution in [0.25, 0.3) is 11.0 Å². The number of halogens is 2. The summed E-state index contributed by atoms with van der Waals surface area (Å²) in [5.41, 5.74) is 2.95. The molecule has 0 aliphatic rings. The number of fused-ring (bicyclic) bond motifs is 1. The van der Waals surface area contributed by atoms with Crippen molar-refractivity contribution in [3.8, 4) is 5.75 Å². The molecule has 0 saturated carbocycles. The maximum atomic E-state index is 11.8. The highest BCUT2D eigenvalue weighted by molar-refractivity contribution is 6.42. The van der Waals surface area contributed by atoms with Crippen LogP contribution in [-0.4, -0.2) is 0 Å². The Morgan fingerprint density at radius 2 is 1.91 bits per heavy atom. The van der Waals surface area contributed by atoms with Gasteiger partial charge in [-0.2, -0.15) is 0 Å². The van der Waals surface area contributed by atoms with Gasteiger partial charge < -0.3 is 9.15 Å². The molecule has 0 spiro atoms. The van der Waals surface area contributed by atoms with Crippen LogP contribution in [0.4, 0.5) is 0 Å². The third-order valence-electron chi connectivity index (χ3n) is 3.82. The molecule has 1 aromatic heterocycles. The van der Waals surface area contributed by atoms with Gasteiger partial charge in [-0.1, -0.05) is 41.4 Å². The van der Waals surface area contributed by atoms with Gasteiger partial charge >= 0.3 is 5.63 Å². The summed E-state index contributed by atoms with van der Waals surface area (Å²) in [4.78, 5) is 11.8. The van der Waals surface area contributed by atoms with E-state index in [1.807, 2.05) is 26.0 Å². The highest BCUT2D eigenvalue weighted by Crippen LogP contribution is 2.32. The Kier molecular flexibility index (Phi) is 4.33. The molecule has 0 aliphatic heterocycles. The zero-order valence-corrected chi connectivity index (χ0v) is 14.2. The van der Waals surface area contributed by atoms with Gasteiger partial charge in [-0.15, -0.1) is 0 Å². The quantitative estimate of drug-likeness (QED) is 0.603. The second-order valence-corrected chi connectivity index (χ2v) is 6.10. The van der Waals surface area contributed by atoms with Gasteiger partial charge in [-0.25, -0.2) is 4.79 Å². The van der Waals surface area contributed by atoms with Gasteiger partial charge in [-0.3, -0.25) is 0 Å². The van der Waals surface area contributed by atoms with E-state index in [0.717, 1.165) is 22.1 Å². The van der Waals surface area contributed by atoms with Crippen molar-refractivity contribution in [1.82, 2.24) is 0 Å². The summed E-state index contributed by atoms with van der Waals surface area (Å²) < 4.78 is 11.1. The Labute approximate surface area is 143 Å². The minimum Gasteiger partial charge on any atom is -0.487 e. The monoisotopic (exact) mass is 348 g/mol. The highest BCUT2D eigenvalue weighted by Gasteiger charge is 2.11. The zero-order chi connectivity index (χ0) is 16.6. The van der Waals surface area contributed by atoms with Crippen LogP contribution < -0.4 is 10.4 Å².